The van der Waals surface area contributed by atoms with Gasteiger partial charge in [0.2, 0.25) is 0 Å². The molecule has 24 heavy (non-hydrogen) atoms. The maximum absolute atomic E-state index is 12.2. The van der Waals surface area contributed by atoms with E-state index in [1.807, 2.05) is 20.8 Å². The zero-order valence-electron chi connectivity index (χ0n) is 14.5. The minimum absolute atomic E-state index is 0.167. The van der Waals surface area contributed by atoms with Crippen LogP contribution >= 0.6 is 0 Å². The summed E-state index contributed by atoms with van der Waals surface area (Å²) in [7, 11) is 0. The SMILES string of the molecule is CCCOC(C(=O)NCC(=O)C(O)[C@H](O)[C@H](O)CO)=C(CC)CC. The van der Waals surface area contributed by atoms with Crippen molar-refractivity contribution in [3.8, 4) is 0 Å². The molecule has 0 heterocycles. The molecule has 0 aliphatic rings. The molecule has 0 radical (unpaired) electrons. The van der Waals surface area contributed by atoms with Gasteiger partial charge in [0.05, 0.1) is 19.8 Å². The van der Waals surface area contributed by atoms with Gasteiger partial charge in [-0.05, 0) is 24.8 Å². The average molecular weight is 347 g/mol. The third-order valence-corrected chi connectivity index (χ3v) is 3.49. The molecule has 0 aromatic heterocycles. The molecule has 0 rings (SSSR count). The number of aliphatic hydroxyl groups is 4. The fourth-order valence-electron chi connectivity index (χ4n) is 1.96. The predicted octanol–water partition coefficient (Wildman–Crippen LogP) is -0.753. The Morgan fingerprint density at radius 2 is 1.67 bits per heavy atom. The first kappa shape index (κ1) is 22.5. The predicted molar refractivity (Wildman–Crippen MR) is 87.0 cm³/mol. The number of hydrogen-bond donors (Lipinski definition) is 5. The second kappa shape index (κ2) is 12.0. The molecule has 3 atom stereocenters. The molecule has 0 spiro atoms. The first-order valence-corrected chi connectivity index (χ1v) is 8.14. The molecule has 5 N–H and O–H groups in total. The van der Waals surface area contributed by atoms with Crippen LogP contribution < -0.4 is 5.32 Å². The smallest absolute Gasteiger partial charge is 0.286 e. The van der Waals surface area contributed by atoms with Gasteiger partial charge in [-0.1, -0.05) is 20.8 Å². The summed E-state index contributed by atoms with van der Waals surface area (Å²) in [5, 5.41) is 39.4. The van der Waals surface area contributed by atoms with Gasteiger partial charge in [0.15, 0.2) is 11.5 Å². The van der Waals surface area contributed by atoms with E-state index in [4.69, 9.17) is 9.84 Å². The van der Waals surface area contributed by atoms with Crippen LogP contribution in [0.5, 0.6) is 0 Å². The van der Waals surface area contributed by atoms with E-state index in [-0.39, 0.29) is 5.76 Å². The second-order valence-electron chi connectivity index (χ2n) is 5.32. The highest BCUT2D eigenvalue weighted by atomic mass is 16.5. The summed E-state index contributed by atoms with van der Waals surface area (Å²) in [6.07, 6.45) is -3.40. The second-order valence-corrected chi connectivity index (χ2v) is 5.32. The Balaban J connectivity index is 4.83. The van der Waals surface area contributed by atoms with Crippen molar-refractivity contribution in [1.29, 1.82) is 0 Å². The van der Waals surface area contributed by atoms with Gasteiger partial charge >= 0.3 is 0 Å². The number of carbonyl (C=O) groups is 2. The van der Waals surface area contributed by atoms with Crippen molar-refractivity contribution in [1.82, 2.24) is 5.32 Å². The lowest BCUT2D eigenvalue weighted by molar-refractivity contribution is -0.140. The standard InChI is InChI=1S/C16H29NO7/c1-4-7-24-15(10(5-2)6-3)16(23)17-8-11(19)13(21)14(22)12(20)9-18/h12-14,18,20-22H,4-9H2,1-3H3,(H,17,23)/t12-,13?,14-/m1/s1. The Bertz CT molecular complexity index is 430. The van der Waals surface area contributed by atoms with Gasteiger partial charge in [-0.15, -0.1) is 0 Å². The van der Waals surface area contributed by atoms with Crippen LogP contribution in [0.1, 0.15) is 40.0 Å². The number of amides is 1. The summed E-state index contributed by atoms with van der Waals surface area (Å²) in [5.74, 6) is -1.28. The van der Waals surface area contributed by atoms with Crippen LogP contribution in [0.2, 0.25) is 0 Å². The molecule has 8 nitrogen and oxygen atoms in total. The molecule has 8 heteroatoms. The van der Waals surface area contributed by atoms with Crippen molar-refractivity contribution in [3.63, 3.8) is 0 Å². The molecule has 0 bridgehead atoms. The van der Waals surface area contributed by atoms with Crippen molar-refractivity contribution in [3.05, 3.63) is 11.3 Å². The highest BCUT2D eigenvalue weighted by molar-refractivity contribution is 5.96. The minimum atomic E-state index is -1.91. The topological polar surface area (TPSA) is 136 Å². The molecule has 0 aliphatic carbocycles. The van der Waals surface area contributed by atoms with Gasteiger partial charge in [0.25, 0.3) is 5.91 Å². The Labute approximate surface area is 142 Å². The van der Waals surface area contributed by atoms with E-state index >= 15 is 0 Å². The normalized spacial score (nSPS) is 14.5. The minimum Gasteiger partial charge on any atom is -0.488 e. The molecule has 0 aromatic carbocycles. The van der Waals surface area contributed by atoms with Gasteiger partial charge in [0, 0.05) is 0 Å². The summed E-state index contributed by atoms with van der Waals surface area (Å²) >= 11 is 0. The van der Waals surface area contributed by atoms with Gasteiger partial charge in [-0.3, -0.25) is 9.59 Å². The van der Waals surface area contributed by atoms with Crippen LogP contribution in [0, 0.1) is 0 Å². The lowest BCUT2D eigenvalue weighted by Crippen LogP contribution is -2.47. The summed E-state index contributed by atoms with van der Waals surface area (Å²) in [4.78, 5) is 24.0. The molecular formula is C16H29NO7. The Morgan fingerprint density at radius 3 is 2.12 bits per heavy atom. The van der Waals surface area contributed by atoms with Gasteiger partial charge in [0.1, 0.15) is 18.3 Å². The van der Waals surface area contributed by atoms with E-state index in [1.54, 1.807) is 0 Å². The number of hydrogen-bond acceptors (Lipinski definition) is 7. The first-order chi connectivity index (χ1) is 11.3. The largest absolute Gasteiger partial charge is 0.488 e. The Kier molecular flexibility index (Phi) is 11.2. The number of rotatable bonds is 12. The first-order valence-electron chi connectivity index (χ1n) is 8.14. The molecule has 1 unspecified atom stereocenters. The highest BCUT2D eigenvalue weighted by Gasteiger charge is 2.30. The molecule has 0 aromatic rings. The third-order valence-electron chi connectivity index (χ3n) is 3.49. The van der Waals surface area contributed by atoms with E-state index < -0.39 is 43.2 Å². The molecule has 1 amide bonds. The molecule has 0 saturated heterocycles. The van der Waals surface area contributed by atoms with E-state index in [0.717, 1.165) is 12.0 Å². The van der Waals surface area contributed by atoms with Gasteiger partial charge < -0.3 is 30.5 Å². The van der Waals surface area contributed by atoms with Crippen molar-refractivity contribution in [2.75, 3.05) is 19.8 Å². The molecule has 0 saturated carbocycles. The average Bonchev–Trinajstić information content (AvgIpc) is 2.60. The molecule has 0 fully saturated rings. The highest BCUT2D eigenvalue weighted by Crippen LogP contribution is 2.15. The number of ether oxygens (including phenoxy) is 1. The lowest BCUT2D eigenvalue weighted by atomic mass is 10.0. The number of ketones is 1. The Hall–Kier alpha value is -1.48. The van der Waals surface area contributed by atoms with Crippen LogP contribution in [-0.4, -0.2) is 70.2 Å². The Morgan fingerprint density at radius 1 is 1.08 bits per heavy atom. The summed E-state index contributed by atoms with van der Waals surface area (Å²) in [5.41, 5.74) is 0.810. The number of carbonyl (C=O) groups excluding carboxylic acids is 2. The van der Waals surface area contributed by atoms with Crippen molar-refractivity contribution in [2.45, 2.75) is 58.3 Å². The lowest BCUT2D eigenvalue weighted by Gasteiger charge is -2.21. The van der Waals surface area contributed by atoms with Crippen LogP contribution in [0.4, 0.5) is 0 Å². The van der Waals surface area contributed by atoms with Crippen molar-refractivity contribution < 1.29 is 34.8 Å². The summed E-state index contributed by atoms with van der Waals surface area (Å²) < 4.78 is 5.46. The van der Waals surface area contributed by atoms with E-state index in [2.05, 4.69) is 5.32 Å². The van der Waals surface area contributed by atoms with Crippen molar-refractivity contribution >= 4 is 11.7 Å². The fraction of sp³-hybridized carbons (Fsp3) is 0.750. The van der Waals surface area contributed by atoms with E-state index in [9.17, 15) is 24.9 Å². The van der Waals surface area contributed by atoms with Gasteiger partial charge in [-0.2, -0.15) is 0 Å². The van der Waals surface area contributed by atoms with Crippen LogP contribution in [0.3, 0.4) is 0 Å². The summed E-state index contributed by atoms with van der Waals surface area (Å²) in [6.45, 7) is 4.72. The maximum Gasteiger partial charge on any atom is 0.286 e. The number of Topliss-reactive ketones (excluding diaryl/α,β-unsaturated/α-hetero) is 1. The third kappa shape index (κ3) is 6.96. The summed E-state index contributed by atoms with van der Waals surface area (Å²) in [6, 6.07) is 0. The number of allylic oxidation sites excluding steroid dienone is 1. The van der Waals surface area contributed by atoms with E-state index in [0.29, 0.717) is 19.4 Å². The maximum atomic E-state index is 12.2. The number of aliphatic hydroxyl groups excluding tert-OH is 4. The van der Waals surface area contributed by atoms with Crippen LogP contribution in [0.25, 0.3) is 0 Å². The quantitative estimate of drug-likeness (QED) is 0.231. The fourth-order valence-corrected chi connectivity index (χ4v) is 1.96. The number of nitrogens with one attached hydrogen (secondary N) is 1. The van der Waals surface area contributed by atoms with Crippen LogP contribution in [0.15, 0.2) is 11.3 Å². The molecule has 140 valence electrons. The molecule has 0 aliphatic heterocycles. The van der Waals surface area contributed by atoms with E-state index in [1.165, 1.54) is 0 Å². The van der Waals surface area contributed by atoms with Crippen LogP contribution in [-0.2, 0) is 14.3 Å². The monoisotopic (exact) mass is 347 g/mol. The zero-order valence-corrected chi connectivity index (χ0v) is 14.5. The molecular weight excluding hydrogens is 318 g/mol. The van der Waals surface area contributed by atoms with Gasteiger partial charge in [-0.25, -0.2) is 0 Å². The zero-order chi connectivity index (χ0) is 18.7. The van der Waals surface area contributed by atoms with Crippen molar-refractivity contribution in [2.24, 2.45) is 0 Å².